The van der Waals surface area contributed by atoms with E-state index in [2.05, 4.69) is 15.0 Å². The molecule has 0 radical (unpaired) electrons. The Hall–Kier alpha value is -2.12. The Bertz CT molecular complexity index is 900. The van der Waals surface area contributed by atoms with Gasteiger partial charge in [0.15, 0.2) is 11.8 Å². The number of carbonyl (C=O) groups is 1. The Balaban J connectivity index is 1.85. The first kappa shape index (κ1) is 13.5. The summed E-state index contributed by atoms with van der Waals surface area (Å²) in [5.74, 6) is -0.944. The number of nitrogens with zero attached hydrogens (tertiary/aromatic N) is 3. The molecule has 2 N–H and O–H groups in total. The van der Waals surface area contributed by atoms with Crippen LogP contribution in [0.2, 0.25) is 5.15 Å². The summed E-state index contributed by atoms with van der Waals surface area (Å²) in [6.45, 7) is 1.94. The van der Waals surface area contributed by atoms with Crippen LogP contribution in [0.4, 0.5) is 0 Å². The number of hydrogen-bond donors (Lipinski definition) is 2. The molecule has 0 bridgehead atoms. The van der Waals surface area contributed by atoms with Gasteiger partial charge in [-0.25, -0.2) is 14.8 Å². The molecule has 3 aromatic heterocycles. The summed E-state index contributed by atoms with van der Waals surface area (Å²) in [5.41, 5.74) is 3.10. The summed E-state index contributed by atoms with van der Waals surface area (Å²) in [6.07, 6.45) is 1.52. The lowest BCUT2D eigenvalue weighted by molar-refractivity contribution is -0.151. The summed E-state index contributed by atoms with van der Waals surface area (Å²) in [6, 6.07) is 1.93. The van der Waals surface area contributed by atoms with E-state index in [0.717, 1.165) is 16.6 Å². The fraction of sp³-hybridized carbons (Fsp3) is 0.357. The quantitative estimate of drug-likeness (QED) is 0.708. The Labute approximate surface area is 129 Å². The number of imidazole rings is 1. The number of aliphatic carboxylic acids is 1. The second kappa shape index (κ2) is 4.69. The molecule has 3 aromatic rings. The van der Waals surface area contributed by atoms with E-state index in [1.807, 2.05) is 13.0 Å². The number of aryl methyl sites for hydroxylation is 1. The molecule has 1 saturated heterocycles. The number of aromatic nitrogens is 4. The third-order valence-electron chi connectivity index (χ3n) is 3.97. The van der Waals surface area contributed by atoms with E-state index in [-0.39, 0.29) is 6.23 Å². The standard InChI is InChI=1S/C14H13ClN4O3/c1-6-4-7-10(17-6)11-13(18-12(7)15)19(5-16-11)9-3-2-8(22-9)14(20)21/h4-5,8-9,17H,2-3H2,1H3,(H,20,21). The highest BCUT2D eigenvalue weighted by Crippen LogP contribution is 2.34. The van der Waals surface area contributed by atoms with Gasteiger partial charge in [-0.2, -0.15) is 0 Å². The lowest BCUT2D eigenvalue weighted by Crippen LogP contribution is -2.19. The maximum Gasteiger partial charge on any atom is 0.332 e. The lowest BCUT2D eigenvalue weighted by Gasteiger charge is -2.13. The molecule has 2 atom stereocenters. The maximum absolute atomic E-state index is 11.0. The van der Waals surface area contributed by atoms with Crippen LogP contribution in [0.25, 0.3) is 22.1 Å². The van der Waals surface area contributed by atoms with E-state index in [4.69, 9.17) is 21.4 Å². The van der Waals surface area contributed by atoms with Crippen molar-refractivity contribution in [3.63, 3.8) is 0 Å². The third kappa shape index (κ3) is 1.89. The van der Waals surface area contributed by atoms with Gasteiger partial charge in [-0.15, -0.1) is 0 Å². The first-order valence-electron chi connectivity index (χ1n) is 6.94. The van der Waals surface area contributed by atoms with Crippen molar-refractivity contribution in [1.82, 2.24) is 19.5 Å². The molecule has 2 unspecified atom stereocenters. The number of halogens is 1. The zero-order valence-electron chi connectivity index (χ0n) is 11.7. The van der Waals surface area contributed by atoms with Crippen LogP contribution in [0.5, 0.6) is 0 Å². The SMILES string of the molecule is Cc1cc2c(Cl)nc3c(ncn3C3CCC(C(=O)O)O3)c2[nH]1. The van der Waals surface area contributed by atoms with Crippen LogP contribution < -0.4 is 0 Å². The fourth-order valence-corrected chi connectivity index (χ4v) is 3.18. The minimum absolute atomic E-state index is 0.386. The second-order valence-corrected chi connectivity index (χ2v) is 5.82. The van der Waals surface area contributed by atoms with E-state index in [0.29, 0.717) is 29.2 Å². The highest BCUT2D eigenvalue weighted by molar-refractivity contribution is 6.35. The lowest BCUT2D eigenvalue weighted by atomic mass is 10.2. The predicted molar refractivity (Wildman–Crippen MR) is 79.9 cm³/mol. The van der Waals surface area contributed by atoms with E-state index < -0.39 is 12.1 Å². The highest BCUT2D eigenvalue weighted by atomic mass is 35.5. The summed E-state index contributed by atoms with van der Waals surface area (Å²) in [4.78, 5) is 23.1. The van der Waals surface area contributed by atoms with Gasteiger partial charge in [-0.3, -0.25) is 4.57 Å². The zero-order chi connectivity index (χ0) is 15.4. The summed E-state index contributed by atoms with van der Waals surface area (Å²) < 4.78 is 7.31. The molecule has 0 amide bonds. The molecule has 4 heterocycles. The van der Waals surface area contributed by atoms with Crippen LogP contribution in [-0.4, -0.2) is 36.7 Å². The number of fused-ring (bicyclic) bond motifs is 3. The van der Waals surface area contributed by atoms with Crippen LogP contribution in [0, 0.1) is 6.92 Å². The van der Waals surface area contributed by atoms with Gasteiger partial charge in [0.25, 0.3) is 0 Å². The van der Waals surface area contributed by atoms with Crippen molar-refractivity contribution >= 4 is 39.6 Å². The Kier molecular flexibility index (Phi) is 2.88. The molecule has 0 aliphatic carbocycles. The molecule has 4 rings (SSSR count). The Morgan fingerprint density at radius 2 is 2.36 bits per heavy atom. The number of carboxylic acids is 1. The van der Waals surface area contributed by atoms with Gasteiger partial charge in [0.05, 0.1) is 11.8 Å². The molecule has 0 spiro atoms. The second-order valence-electron chi connectivity index (χ2n) is 5.46. The minimum Gasteiger partial charge on any atom is -0.479 e. The smallest absolute Gasteiger partial charge is 0.332 e. The third-order valence-corrected chi connectivity index (χ3v) is 4.25. The van der Waals surface area contributed by atoms with Crippen molar-refractivity contribution in [1.29, 1.82) is 0 Å². The fourth-order valence-electron chi connectivity index (χ4n) is 2.95. The summed E-state index contributed by atoms with van der Waals surface area (Å²) >= 11 is 6.26. The number of carboxylic acid groups (broad SMARTS) is 1. The monoisotopic (exact) mass is 320 g/mol. The average molecular weight is 321 g/mol. The van der Waals surface area contributed by atoms with Crippen LogP contribution in [-0.2, 0) is 9.53 Å². The van der Waals surface area contributed by atoms with Crippen molar-refractivity contribution in [3.05, 3.63) is 23.2 Å². The molecule has 22 heavy (non-hydrogen) atoms. The molecule has 8 heteroatoms. The topological polar surface area (TPSA) is 93.0 Å². The molecule has 114 valence electrons. The van der Waals surface area contributed by atoms with Crippen molar-refractivity contribution in [2.45, 2.75) is 32.1 Å². The normalized spacial score (nSPS) is 21.9. The molecule has 1 aliphatic rings. The largest absolute Gasteiger partial charge is 0.479 e. The van der Waals surface area contributed by atoms with E-state index >= 15 is 0 Å². The summed E-state index contributed by atoms with van der Waals surface area (Å²) in [7, 11) is 0. The number of hydrogen-bond acceptors (Lipinski definition) is 4. The van der Waals surface area contributed by atoms with Crippen molar-refractivity contribution in [3.8, 4) is 0 Å². The Morgan fingerprint density at radius 3 is 3.09 bits per heavy atom. The first-order chi connectivity index (χ1) is 10.5. The number of rotatable bonds is 2. The van der Waals surface area contributed by atoms with Gasteiger partial charge in [-0.05, 0) is 25.8 Å². The van der Waals surface area contributed by atoms with Crippen LogP contribution in [0.15, 0.2) is 12.4 Å². The number of ether oxygens (including phenoxy) is 1. The zero-order valence-corrected chi connectivity index (χ0v) is 12.5. The van der Waals surface area contributed by atoms with E-state index in [9.17, 15) is 4.79 Å². The first-order valence-corrected chi connectivity index (χ1v) is 7.32. The van der Waals surface area contributed by atoms with Crippen LogP contribution in [0.3, 0.4) is 0 Å². The number of pyridine rings is 1. The predicted octanol–water partition coefficient (Wildman–Crippen LogP) is 2.64. The highest BCUT2D eigenvalue weighted by Gasteiger charge is 2.32. The number of H-pyrrole nitrogens is 1. The average Bonchev–Trinajstić information content (AvgIpc) is 3.14. The minimum atomic E-state index is -0.944. The van der Waals surface area contributed by atoms with Crippen molar-refractivity contribution in [2.24, 2.45) is 0 Å². The van der Waals surface area contributed by atoms with E-state index in [1.165, 1.54) is 0 Å². The molecule has 1 aliphatic heterocycles. The molecular formula is C14H13ClN4O3. The molecule has 0 aromatic carbocycles. The summed E-state index contributed by atoms with van der Waals surface area (Å²) in [5, 5.41) is 10.3. The van der Waals surface area contributed by atoms with E-state index in [1.54, 1.807) is 10.9 Å². The molecule has 0 saturated carbocycles. The maximum atomic E-state index is 11.0. The van der Waals surface area contributed by atoms with Crippen molar-refractivity contribution < 1.29 is 14.6 Å². The van der Waals surface area contributed by atoms with Crippen molar-refractivity contribution in [2.75, 3.05) is 0 Å². The van der Waals surface area contributed by atoms with Gasteiger partial charge < -0.3 is 14.8 Å². The Morgan fingerprint density at radius 1 is 1.55 bits per heavy atom. The van der Waals surface area contributed by atoms with Gasteiger partial charge >= 0.3 is 5.97 Å². The number of aromatic amines is 1. The molecule has 7 nitrogen and oxygen atoms in total. The van der Waals surface area contributed by atoms with Gasteiger partial charge in [0, 0.05) is 11.1 Å². The molecule has 1 fully saturated rings. The van der Waals surface area contributed by atoms with Gasteiger partial charge in [-0.1, -0.05) is 11.6 Å². The molecular weight excluding hydrogens is 308 g/mol. The van der Waals surface area contributed by atoms with Gasteiger partial charge in [0.1, 0.15) is 16.9 Å². The van der Waals surface area contributed by atoms with Gasteiger partial charge in [0.2, 0.25) is 0 Å². The van der Waals surface area contributed by atoms with Crippen LogP contribution in [0.1, 0.15) is 24.8 Å². The van der Waals surface area contributed by atoms with Crippen LogP contribution >= 0.6 is 11.6 Å². The number of nitrogens with one attached hydrogen (secondary N) is 1.